The molecule has 4 heteroatoms. The molecule has 114 valence electrons. The molecule has 0 aliphatic carbocycles. The highest BCUT2D eigenvalue weighted by atomic mass is 16.1. The van der Waals surface area contributed by atoms with Crippen LogP contribution in [0, 0.1) is 0 Å². The molecule has 0 heterocycles. The third-order valence-electron chi connectivity index (χ3n) is 3.40. The van der Waals surface area contributed by atoms with Crippen molar-refractivity contribution < 1.29 is 4.79 Å². The summed E-state index contributed by atoms with van der Waals surface area (Å²) in [6.07, 6.45) is 4.69. The molecular weight excluding hydrogens is 262 g/mol. The molecule has 0 aliphatic heterocycles. The molecule has 1 aromatic rings. The molecule has 0 spiro atoms. The number of hydrogen-bond donors (Lipinski definition) is 2. The highest BCUT2D eigenvalue weighted by Crippen LogP contribution is 2.11. The molecule has 4 nitrogen and oxygen atoms in total. The van der Waals surface area contributed by atoms with Crippen LogP contribution in [0.15, 0.2) is 40.7 Å². The van der Waals surface area contributed by atoms with Crippen molar-refractivity contribution >= 4 is 11.5 Å². The predicted molar refractivity (Wildman–Crippen MR) is 88.2 cm³/mol. The molecule has 0 amide bonds. The fraction of sp³-hybridized carbons (Fsp3) is 0.412. The summed E-state index contributed by atoms with van der Waals surface area (Å²) in [6.45, 7) is 3.80. The number of benzene rings is 1. The lowest BCUT2D eigenvalue weighted by molar-refractivity contribution is -0.109. The third-order valence-corrected chi connectivity index (χ3v) is 3.40. The standard InChI is InChI=1S/C17H25N3O/c1-4-5-6-7-13-8-10-14(11-9-13)16(20-3)17(21)15(19)12(2)18/h8-11H,4-7,18-19H2,1-3H3. The van der Waals surface area contributed by atoms with E-state index in [0.29, 0.717) is 11.4 Å². The van der Waals surface area contributed by atoms with Crippen molar-refractivity contribution in [1.82, 2.24) is 0 Å². The van der Waals surface area contributed by atoms with Crippen LogP contribution < -0.4 is 11.5 Å². The van der Waals surface area contributed by atoms with Gasteiger partial charge < -0.3 is 11.5 Å². The van der Waals surface area contributed by atoms with Crippen LogP contribution in [0.1, 0.15) is 44.2 Å². The highest BCUT2D eigenvalue weighted by Gasteiger charge is 2.17. The van der Waals surface area contributed by atoms with E-state index in [0.717, 1.165) is 12.0 Å². The number of carbonyl (C=O) groups excluding carboxylic acids is 1. The van der Waals surface area contributed by atoms with Gasteiger partial charge in [-0.25, -0.2) is 0 Å². The van der Waals surface area contributed by atoms with Gasteiger partial charge in [-0.15, -0.1) is 0 Å². The highest BCUT2D eigenvalue weighted by molar-refractivity contribution is 6.51. The van der Waals surface area contributed by atoms with Gasteiger partial charge in [0, 0.05) is 18.3 Å². The summed E-state index contributed by atoms with van der Waals surface area (Å²) >= 11 is 0. The van der Waals surface area contributed by atoms with Crippen LogP contribution in [0.25, 0.3) is 0 Å². The molecule has 0 saturated carbocycles. The summed E-state index contributed by atoms with van der Waals surface area (Å²) in [5.41, 5.74) is 14.0. The maximum Gasteiger partial charge on any atom is 0.228 e. The molecule has 4 N–H and O–H groups in total. The van der Waals surface area contributed by atoms with E-state index >= 15 is 0 Å². The summed E-state index contributed by atoms with van der Waals surface area (Å²) in [4.78, 5) is 16.3. The van der Waals surface area contributed by atoms with E-state index in [9.17, 15) is 4.79 Å². The van der Waals surface area contributed by atoms with Crippen LogP contribution in [-0.2, 0) is 11.2 Å². The van der Waals surface area contributed by atoms with Crippen molar-refractivity contribution in [1.29, 1.82) is 0 Å². The van der Waals surface area contributed by atoms with Crippen LogP contribution in [-0.4, -0.2) is 18.5 Å². The molecule has 0 bridgehead atoms. The number of ketones is 1. The molecule has 0 radical (unpaired) electrons. The van der Waals surface area contributed by atoms with Crippen molar-refractivity contribution in [2.45, 2.75) is 39.5 Å². The second kappa shape index (κ2) is 8.25. The van der Waals surface area contributed by atoms with E-state index in [2.05, 4.69) is 11.9 Å². The Bertz CT molecular complexity index is 538. The number of unbranched alkanes of at least 4 members (excludes halogenated alkanes) is 2. The van der Waals surface area contributed by atoms with Crippen molar-refractivity contribution in [3.63, 3.8) is 0 Å². The number of nitrogens with zero attached hydrogens (tertiary/aromatic N) is 1. The zero-order valence-corrected chi connectivity index (χ0v) is 13.1. The first kappa shape index (κ1) is 17.0. The van der Waals surface area contributed by atoms with Gasteiger partial charge >= 0.3 is 0 Å². The minimum absolute atomic E-state index is 0.0580. The predicted octanol–water partition coefficient (Wildman–Crippen LogP) is 2.56. The first-order valence-corrected chi connectivity index (χ1v) is 7.33. The molecule has 21 heavy (non-hydrogen) atoms. The van der Waals surface area contributed by atoms with E-state index in [1.54, 1.807) is 14.0 Å². The smallest absolute Gasteiger partial charge is 0.228 e. The topological polar surface area (TPSA) is 81.5 Å². The molecular formula is C17H25N3O. The van der Waals surface area contributed by atoms with Gasteiger partial charge in [0.2, 0.25) is 5.78 Å². The summed E-state index contributed by atoms with van der Waals surface area (Å²) in [6, 6.07) is 7.92. The number of aryl methyl sites for hydroxylation is 1. The minimum Gasteiger partial charge on any atom is -0.400 e. The summed E-state index contributed by atoms with van der Waals surface area (Å²) in [7, 11) is 1.58. The van der Waals surface area contributed by atoms with E-state index in [1.165, 1.54) is 24.8 Å². The van der Waals surface area contributed by atoms with Gasteiger partial charge in [0.05, 0.1) is 0 Å². The van der Waals surface area contributed by atoms with Gasteiger partial charge in [0.15, 0.2) is 0 Å². The van der Waals surface area contributed by atoms with Crippen LogP contribution in [0.3, 0.4) is 0 Å². The van der Waals surface area contributed by atoms with Gasteiger partial charge in [0.25, 0.3) is 0 Å². The Balaban J connectivity index is 2.89. The number of aliphatic imine (C=N–C) groups is 1. The zero-order valence-electron chi connectivity index (χ0n) is 13.1. The Morgan fingerprint density at radius 2 is 1.76 bits per heavy atom. The van der Waals surface area contributed by atoms with Crippen molar-refractivity contribution in [3.05, 3.63) is 46.8 Å². The van der Waals surface area contributed by atoms with Gasteiger partial charge in [-0.3, -0.25) is 9.79 Å². The number of carbonyl (C=O) groups is 1. The van der Waals surface area contributed by atoms with Crippen LogP contribution >= 0.6 is 0 Å². The zero-order chi connectivity index (χ0) is 15.8. The monoisotopic (exact) mass is 287 g/mol. The molecule has 0 aliphatic rings. The number of nitrogens with two attached hydrogens (primary N) is 2. The van der Waals surface area contributed by atoms with Crippen molar-refractivity contribution in [3.8, 4) is 0 Å². The lowest BCUT2D eigenvalue weighted by atomic mass is 10.00. The molecule has 0 atom stereocenters. The Labute approximate surface area is 126 Å². The third kappa shape index (κ3) is 4.74. The van der Waals surface area contributed by atoms with Crippen LogP contribution in [0.4, 0.5) is 0 Å². The quantitative estimate of drug-likeness (QED) is 0.459. The number of rotatable bonds is 7. The van der Waals surface area contributed by atoms with E-state index < -0.39 is 0 Å². The maximum atomic E-state index is 12.2. The first-order chi connectivity index (χ1) is 10.0. The van der Waals surface area contributed by atoms with Gasteiger partial charge in [-0.05, 0) is 25.3 Å². The van der Waals surface area contributed by atoms with Crippen molar-refractivity contribution in [2.75, 3.05) is 7.05 Å². The summed E-state index contributed by atoms with van der Waals surface area (Å²) < 4.78 is 0. The lowest BCUT2D eigenvalue weighted by Gasteiger charge is -2.08. The first-order valence-electron chi connectivity index (χ1n) is 7.33. The Morgan fingerprint density at radius 3 is 2.24 bits per heavy atom. The molecule has 0 unspecified atom stereocenters. The number of allylic oxidation sites excluding steroid dienone is 2. The average molecular weight is 287 g/mol. The number of Topliss-reactive ketones (excluding diaryl/α,β-unsaturated/α-hetero) is 1. The van der Waals surface area contributed by atoms with Crippen LogP contribution in [0.5, 0.6) is 0 Å². The fourth-order valence-corrected chi connectivity index (χ4v) is 2.08. The SMILES string of the molecule is CCCCCc1ccc(C(=NC)C(=O)C(N)=C(C)N)cc1. The van der Waals surface area contributed by atoms with Crippen LogP contribution in [0.2, 0.25) is 0 Å². The lowest BCUT2D eigenvalue weighted by Crippen LogP contribution is -2.25. The average Bonchev–Trinajstić information content (AvgIpc) is 2.48. The molecule has 0 fully saturated rings. The fourth-order valence-electron chi connectivity index (χ4n) is 2.08. The van der Waals surface area contributed by atoms with Gasteiger partial charge in [-0.2, -0.15) is 0 Å². The molecule has 1 rings (SSSR count). The number of hydrogen-bond acceptors (Lipinski definition) is 4. The Hall–Kier alpha value is -2.10. The van der Waals surface area contributed by atoms with E-state index in [1.807, 2.05) is 24.3 Å². The Morgan fingerprint density at radius 1 is 1.14 bits per heavy atom. The largest absolute Gasteiger partial charge is 0.400 e. The molecule has 0 aromatic heterocycles. The summed E-state index contributed by atoms with van der Waals surface area (Å²) in [5, 5.41) is 0. The minimum atomic E-state index is -0.323. The molecule has 1 aromatic carbocycles. The summed E-state index contributed by atoms with van der Waals surface area (Å²) in [5.74, 6) is -0.323. The normalized spacial score (nSPS) is 13.0. The van der Waals surface area contributed by atoms with Crippen molar-refractivity contribution in [2.24, 2.45) is 16.5 Å². The second-order valence-electron chi connectivity index (χ2n) is 5.15. The second-order valence-corrected chi connectivity index (χ2v) is 5.15. The Kier molecular flexibility index (Phi) is 6.66. The van der Waals surface area contributed by atoms with Gasteiger partial charge in [0.1, 0.15) is 11.4 Å². The van der Waals surface area contributed by atoms with E-state index in [-0.39, 0.29) is 11.5 Å². The van der Waals surface area contributed by atoms with Gasteiger partial charge in [-0.1, -0.05) is 44.0 Å². The molecule has 0 saturated heterocycles. The van der Waals surface area contributed by atoms with E-state index in [4.69, 9.17) is 11.5 Å². The maximum absolute atomic E-state index is 12.2.